The SMILES string of the molecule is CC(SCC(=O)N(C(C)C)C(C)C)C(=O)O. The number of aliphatic carboxylic acids is 1. The summed E-state index contributed by atoms with van der Waals surface area (Å²) < 4.78 is 0. The number of amides is 1. The molecule has 0 aliphatic carbocycles. The first-order chi connectivity index (χ1) is 7.27. The van der Waals surface area contributed by atoms with Crippen LogP contribution in [0.25, 0.3) is 0 Å². The van der Waals surface area contributed by atoms with Gasteiger partial charge in [0.05, 0.1) is 11.0 Å². The highest BCUT2D eigenvalue weighted by molar-refractivity contribution is 8.01. The van der Waals surface area contributed by atoms with Gasteiger partial charge in [0, 0.05) is 12.1 Å². The average Bonchev–Trinajstić information content (AvgIpc) is 2.12. The van der Waals surface area contributed by atoms with Crippen LogP contribution in [0, 0.1) is 0 Å². The summed E-state index contributed by atoms with van der Waals surface area (Å²) in [6.45, 7) is 9.44. The van der Waals surface area contributed by atoms with Gasteiger partial charge in [-0.15, -0.1) is 11.8 Å². The van der Waals surface area contributed by atoms with Gasteiger partial charge in [0.15, 0.2) is 0 Å². The molecule has 0 aromatic rings. The molecule has 1 N–H and O–H groups in total. The second-order valence-electron chi connectivity index (χ2n) is 4.28. The Kier molecular flexibility index (Phi) is 6.48. The van der Waals surface area contributed by atoms with Gasteiger partial charge in [0.2, 0.25) is 5.91 Å². The summed E-state index contributed by atoms with van der Waals surface area (Å²) in [5, 5.41) is 8.17. The normalized spacial score (nSPS) is 12.9. The topological polar surface area (TPSA) is 57.6 Å². The van der Waals surface area contributed by atoms with E-state index in [1.54, 1.807) is 11.8 Å². The van der Waals surface area contributed by atoms with Crippen LogP contribution < -0.4 is 0 Å². The third-order valence-electron chi connectivity index (χ3n) is 2.21. The van der Waals surface area contributed by atoms with Crippen LogP contribution in [-0.4, -0.2) is 45.0 Å². The van der Waals surface area contributed by atoms with Gasteiger partial charge in [-0.05, 0) is 34.6 Å². The molecule has 0 aromatic carbocycles. The number of rotatable bonds is 6. The standard InChI is InChI=1S/C11H21NO3S/c1-7(2)12(8(3)4)10(13)6-16-9(5)11(14)15/h7-9H,6H2,1-5H3,(H,14,15). The second kappa shape index (κ2) is 6.78. The summed E-state index contributed by atoms with van der Waals surface area (Å²) in [4.78, 5) is 24.2. The lowest BCUT2D eigenvalue weighted by Gasteiger charge is -2.30. The minimum Gasteiger partial charge on any atom is -0.480 e. The lowest BCUT2D eigenvalue weighted by Crippen LogP contribution is -2.43. The number of carbonyl (C=O) groups is 2. The Labute approximate surface area is 101 Å². The largest absolute Gasteiger partial charge is 0.480 e. The highest BCUT2D eigenvalue weighted by Gasteiger charge is 2.21. The van der Waals surface area contributed by atoms with Crippen molar-refractivity contribution in [1.29, 1.82) is 0 Å². The lowest BCUT2D eigenvalue weighted by atomic mass is 10.2. The number of carboxylic acids is 1. The number of nitrogens with zero attached hydrogens (tertiary/aromatic N) is 1. The molecule has 0 aliphatic heterocycles. The number of hydrogen-bond donors (Lipinski definition) is 1. The fourth-order valence-corrected chi connectivity index (χ4v) is 2.20. The van der Waals surface area contributed by atoms with Crippen LogP contribution in [-0.2, 0) is 9.59 Å². The van der Waals surface area contributed by atoms with Crippen LogP contribution in [0.2, 0.25) is 0 Å². The molecule has 0 aliphatic rings. The van der Waals surface area contributed by atoms with Gasteiger partial charge in [-0.1, -0.05) is 0 Å². The van der Waals surface area contributed by atoms with Crippen molar-refractivity contribution in [2.75, 3.05) is 5.75 Å². The molecular weight excluding hydrogens is 226 g/mol. The van der Waals surface area contributed by atoms with E-state index in [-0.39, 0.29) is 23.7 Å². The van der Waals surface area contributed by atoms with Crippen molar-refractivity contribution in [1.82, 2.24) is 4.90 Å². The van der Waals surface area contributed by atoms with E-state index < -0.39 is 11.2 Å². The van der Waals surface area contributed by atoms with Gasteiger partial charge in [0.25, 0.3) is 0 Å². The predicted molar refractivity (Wildman–Crippen MR) is 66.7 cm³/mol. The third kappa shape index (κ3) is 4.88. The maximum atomic E-state index is 11.9. The summed E-state index contributed by atoms with van der Waals surface area (Å²) in [7, 11) is 0. The van der Waals surface area contributed by atoms with E-state index in [9.17, 15) is 9.59 Å². The first kappa shape index (κ1) is 15.3. The Morgan fingerprint density at radius 2 is 1.56 bits per heavy atom. The molecule has 0 fully saturated rings. The Balaban J connectivity index is 4.27. The van der Waals surface area contributed by atoms with Gasteiger partial charge in [-0.25, -0.2) is 0 Å². The molecule has 0 bridgehead atoms. The van der Waals surface area contributed by atoms with Gasteiger partial charge in [-0.3, -0.25) is 9.59 Å². The maximum absolute atomic E-state index is 11.9. The molecule has 0 aromatic heterocycles. The quantitative estimate of drug-likeness (QED) is 0.778. The second-order valence-corrected chi connectivity index (χ2v) is 5.61. The molecule has 0 heterocycles. The minimum atomic E-state index is -0.876. The smallest absolute Gasteiger partial charge is 0.316 e. The zero-order valence-corrected chi connectivity index (χ0v) is 11.4. The molecular formula is C11H21NO3S. The summed E-state index contributed by atoms with van der Waals surface area (Å²) >= 11 is 1.16. The van der Waals surface area contributed by atoms with E-state index in [4.69, 9.17) is 5.11 Å². The van der Waals surface area contributed by atoms with Crippen molar-refractivity contribution < 1.29 is 14.7 Å². The molecule has 0 spiro atoms. The van der Waals surface area contributed by atoms with Gasteiger partial charge >= 0.3 is 5.97 Å². The maximum Gasteiger partial charge on any atom is 0.316 e. The van der Waals surface area contributed by atoms with Gasteiger partial charge in [-0.2, -0.15) is 0 Å². The third-order valence-corrected chi connectivity index (χ3v) is 3.32. The van der Waals surface area contributed by atoms with Crippen LogP contribution in [0.1, 0.15) is 34.6 Å². The molecule has 0 saturated carbocycles. The summed E-state index contributed by atoms with van der Waals surface area (Å²) in [5.74, 6) is -0.648. The highest BCUT2D eigenvalue weighted by Crippen LogP contribution is 2.14. The molecule has 16 heavy (non-hydrogen) atoms. The number of thioether (sulfide) groups is 1. The monoisotopic (exact) mass is 247 g/mol. The van der Waals surface area contributed by atoms with Crippen molar-refractivity contribution in [3.05, 3.63) is 0 Å². The molecule has 1 unspecified atom stereocenters. The van der Waals surface area contributed by atoms with Crippen LogP contribution >= 0.6 is 11.8 Å². The first-order valence-electron chi connectivity index (χ1n) is 5.43. The van der Waals surface area contributed by atoms with Gasteiger partial charge < -0.3 is 10.0 Å². The molecule has 0 radical (unpaired) electrons. The van der Waals surface area contributed by atoms with Crippen molar-refractivity contribution in [3.63, 3.8) is 0 Å². The Morgan fingerprint density at radius 3 is 1.88 bits per heavy atom. The zero-order chi connectivity index (χ0) is 12.9. The van der Waals surface area contributed by atoms with Crippen LogP contribution in [0.5, 0.6) is 0 Å². The van der Waals surface area contributed by atoms with Crippen molar-refractivity contribution in [3.8, 4) is 0 Å². The molecule has 94 valence electrons. The predicted octanol–water partition coefficient (Wildman–Crippen LogP) is 1.84. The first-order valence-corrected chi connectivity index (χ1v) is 6.47. The summed E-state index contributed by atoms with van der Waals surface area (Å²) in [5.41, 5.74) is 0. The highest BCUT2D eigenvalue weighted by atomic mass is 32.2. The minimum absolute atomic E-state index is 0.00287. The van der Waals surface area contributed by atoms with Crippen LogP contribution in [0.4, 0.5) is 0 Å². The molecule has 0 saturated heterocycles. The Bertz CT molecular complexity index is 246. The summed E-state index contributed by atoms with van der Waals surface area (Å²) in [6, 6.07) is 0.293. The van der Waals surface area contributed by atoms with Crippen molar-refractivity contribution in [2.24, 2.45) is 0 Å². The molecule has 0 rings (SSSR count). The fraction of sp³-hybridized carbons (Fsp3) is 0.818. The number of hydrogen-bond acceptors (Lipinski definition) is 3. The fourth-order valence-electron chi connectivity index (χ4n) is 1.51. The van der Waals surface area contributed by atoms with Crippen LogP contribution in [0.15, 0.2) is 0 Å². The number of carbonyl (C=O) groups excluding carboxylic acids is 1. The summed E-state index contributed by atoms with van der Waals surface area (Å²) in [6.07, 6.45) is 0. The average molecular weight is 247 g/mol. The zero-order valence-electron chi connectivity index (χ0n) is 10.6. The van der Waals surface area contributed by atoms with E-state index in [1.807, 2.05) is 27.7 Å². The van der Waals surface area contributed by atoms with E-state index in [1.165, 1.54) is 0 Å². The van der Waals surface area contributed by atoms with E-state index in [0.29, 0.717) is 0 Å². The molecule has 1 amide bonds. The molecule has 1 atom stereocenters. The van der Waals surface area contributed by atoms with Crippen molar-refractivity contribution >= 4 is 23.6 Å². The van der Waals surface area contributed by atoms with Crippen molar-refractivity contribution in [2.45, 2.75) is 52.0 Å². The lowest BCUT2D eigenvalue weighted by molar-refractivity contribution is -0.136. The Hall–Kier alpha value is -0.710. The van der Waals surface area contributed by atoms with E-state index in [2.05, 4.69) is 0 Å². The van der Waals surface area contributed by atoms with Gasteiger partial charge in [0.1, 0.15) is 0 Å². The Morgan fingerprint density at radius 1 is 1.12 bits per heavy atom. The number of carboxylic acid groups (broad SMARTS) is 1. The van der Waals surface area contributed by atoms with Crippen LogP contribution in [0.3, 0.4) is 0 Å². The molecule has 4 nitrogen and oxygen atoms in total. The molecule has 5 heteroatoms. The van der Waals surface area contributed by atoms with E-state index >= 15 is 0 Å². The van der Waals surface area contributed by atoms with E-state index in [0.717, 1.165) is 11.8 Å².